The molecule has 0 saturated carbocycles. The van der Waals surface area contributed by atoms with Gasteiger partial charge in [0.05, 0.1) is 11.3 Å². The van der Waals surface area contributed by atoms with E-state index in [0.29, 0.717) is 6.61 Å². The zero-order valence-electron chi connectivity index (χ0n) is 12.0. The summed E-state index contributed by atoms with van der Waals surface area (Å²) in [5, 5.41) is 14.9. The predicted octanol–water partition coefficient (Wildman–Crippen LogP) is 2.92. The largest absolute Gasteiger partial charge is 0.384 e. The number of nitrogens with zero attached hydrogens (tertiary/aromatic N) is 2. The van der Waals surface area contributed by atoms with Crippen LogP contribution >= 0.6 is 0 Å². The maximum absolute atomic E-state index is 10.7. The van der Waals surface area contributed by atoms with Gasteiger partial charge in [0.25, 0.3) is 0 Å². The van der Waals surface area contributed by atoms with Crippen LogP contribution in [0, 0.1) is 0 Å². The van der Waals surface area contributed by atoms with Crippen LogP contribution in [0.5, 0.6) is 0 Å². The summed E-state index contributed by atoms with van der Waals surface area (Å²) in [6.45, 7) is 9.63. The third-order valence-electron chi connectivity index (χ3n) is 3.59. The number of aliphatic hydroxyl groups excluding tert-OH is 1. The molecule has 0 radical (unpaired) electrons. The number of hydrogen-bond acceptors (Lipinski definition) is 3. The van der Waals surface area contributed by atoms with E-state index < -0.39 is 11.7 Å². The second-order valence-corrected chi connectivity index (χ2v) is 4.59. The molecular formula is C14H26N2O2. The lowest BCUT2D eigenvalue weighted by Crippen LogP contribution is -2.39. The van der Waals surface area contributed by atoms with E-state index in [0.717, 1.165) is 31.5 Å². The number of rotatable bonds is 8. The van der Waals surface area contributed by atoms with E-state index in [1.165, 1.54) is 0 Å². The van der Waals surface area contributed by atoms with Crippen LogP contribution in [0.4, 0.5) is 0 Å². The van der Waals surface area contributed by atoms with Gasteiger partial charge in [-0.2, -0.15) is 5.10 Å². The number of aryl methyl sites for hydroxylation is 1. The van der Waals surface area contributed by atoms with Crippen molar-refractivity contribution in [3.63, 3.8) is 0 Å². The molecule has 0 amide bonds. The minimum Gasteiger partial charge on any atom is -0.384 e. The van der Waals surface area contributed by atoms with Gasteiger partial charge in [-0.15, -0.1) is 0 Å². The van der Waals surface area contributed by atoms with E-state index in [-0.39, 0.29) is 0 Å². The molecule has 4 heteroatoms. The molecule has 1 rings (SSSR count). The van der Waals surface area contributed by atoms with Crippen LogP contribution in [0.15, 0.2) is 12.3 Å². The molecule has 1 heterocycles. The van der Waals surface area contributed by atoms with Crippen LogP contribution in [0.1, 0.15) is 58.8 Å². The molecule has 1 N–H and O–H groups in total. The van der Waals surface area contributed by atoms with Gasteiger partial charge in [0.2, 0.25) is 0 Å². The molecule has 4 nitrogen and oxygen atoms in total. The van der Waals surface area contributed by atoms with Gasteiger partial charge in [0, 0.05) is 19.3 Å². The van der Waals surface area contributed by atoms with Crippen molar-refractivity contribution in [3.05, 3.63) is 18.0 Å². The lowest BCUT2D eigenvalue weighted by molar-refractivity contribution is -0.130. The van der Waals surface area contributed by atoms with E-state index in [1.807, 2.05) is 17.7 Å². The van der Waals surface area contributed by atoms with Gasteiger partial charge in [-0.25, -0.2) is 0 Å². The summed E-state index contributed by atoms with van der Waals surface area (Å²) in [6.07, 6.45) is 3.70. The van der Waals surface area contributed by atoms with Crippen molar-refractivity contribution >= 4 is 0 Å². The van der Waals surface area contributed by atoms with Crippen molar-refractivity contribution in [1.82, 2.24) is 9.78 Å². The summed E-state index contributed by atoms with van der Waals surface area (Å²) in [7, 11) is 0. The van der Waals surface area contributed by atoms with Crippen molar-refractivity contribution in [3.8, 4) is 0 Å². The molecule has 0 saturated heterocycles. The molecule has 18 heavy (non-hydrogen) atoms. The molecule has 1 atom stereocenters. The van der Waals surface area contributed by atoms with Crippen molar-refractivity contribution in [1.29, 1.82) is 0 Å². The first kappa shape index (κ1) is 15.2. The van der Waals surface area contributed by atoms with E-state index in [1.54, 1.807) is 6.20 Å². The second kappa shape index (κ2) is 6.90. The highest BCUT2D eigenvalue weighted by molar-refractivity contribution is 5.10. The summed E-state index contributed by atoms with van der Waals surface area (Å²) in [6, 6.07) is 1.89. The van der Waals surface area contributed by atoms with Crippen molar-refractivity contribution in [2.75, 3.05) is 6.61 Å². The number of aromatic nitrogens is 2. The summed E-state index contributed by atoms with van der Waals surface area (Å²) in [5.41, 5.74) is 0.356. The van der Waals surface area contributed by atoms with Crippen molar-refractivity contribution in [2.45, 2.75) is 65.2 Å². The van der Waals surface area contributed by atoms with Gasteiger partial charge in [0.15, 0.2) is 0 Å². The Morgan fingerprint density at radius 3 is 2.50 bits per heavy atom. The Morgan fingerprint density at radius 1 is 1.33 bits per heavy atom. The van der Waals surface area contributed by atoms with Gasteiger partial charge in [-0.05, 0) is 32.3 Å². The smallest absolute Gasteiger partial charge is 0.124 e. The SMILES string of the molecule is CCCn1nccc1C(O)C(CC)(CC)OCC. The second-order valence-electron chi connectivity index (χ2n) is 4.59. The monoisotopic (exact) mass is 254 g/mol. The molecule has 1 aromatic heterocycles. The Bertz CT molecular complexity index is 345. The Labute approximate surface area is 110 Å². The van der Waals surface area contributed by atoms with Gasteiger partial charge in [-0.3, -0.25) is 4.68 Å². The first-order chi connectivity index (χ1) is 8.65. The quantitative estimate of drug-likeness (QED) is 0.776. The topological polar surface area (TPSA) is 47.3 Å². The minimum absolute atomic E-state index is 0.500. The first-order valence-corrected chi connectivity index (χ1v) is 6.98. The van der Waals surface area contributed by atoms with Crippen LogP contribution in [0.25, 0.3) is 0 Å². The lowest BCUT2D eigenvalue weighted by atomic mass is 9.88. The zero-order chi connectivity index (χ0) is 13.6. The fourth-order valence-corrected chi connectivity index (χ4v) is 2.45. The number of ether oxygens (including phenoxy) is 1. The summed E-state index contributed by atoms with van der Waals surface area (Å²) in [4.78, 5) is 0. The molecule has 104 valence electrons. The molecule has 1 aromatic rings. The summed E-state index contributed by atoms with van der Waals surface area (Å²) in [5.74, 6) is 0. The predicted molar refractivity (Wildman–Crippen MR) is 72.4 cm³/mol. The van der Waals surface area contributed by atoms with Gasteiger partial charge in [0.1, 0.15) is 6.10 Å². The first-order valence-electron chi connectivity index (χ1n) is 6.98. The van der Waals surface area contributed by atoms with Gasteiger partial charge < -0.3 is 9.84 Å². The van der Waals surface area contributed by atoms with E-state index >= 15 is 0 Å². The summed E-state index contributed by atoms with van der Waals surface area (Å²) >= 11 is 0. The van der Waals surface area contributed by atoms with Crippen LogP contribution in [0.3, 0.4) is 0 Å². The fraction of sp³-hybridized carbons (Fsp3) is 0.786. The zero-order valence-corrected chi connectivity index (χ0v) is 12.0. The van der Waals surface area contributed by atoms with Crippen LogP contribution in [0.2, 0.25) is 0 Å². The maximum Gasteiger partial charge on any atom is 0.124 e. The highest BCUT2D eigenvalue weighted by atomic mass is 16.5. The molecule has 0 aliphatic carbocycles. The normalized spacial score (nSPS) is 13.8. The molecule has 0 spiro atoms. The van der Waals surface area contributed by atoms with E-state index in [9.17, 15) is 5.11 Å². The van der Waals surface area contributed by atoms with E-state index in [4.69, 9.17) is 4.74 Å². The average Bonchev–Trinajstić information content (AvgIpc) is 2.84. The third kappa shape index (κ3) is 2.93. The third-order valence-corrected chi connectivity index (χ3v) is 3.59. The molecule has 0 aliphatic heterocycles. The Morgan fingerprint density at radius 2 is 2.00 bits per heavy atom. The van der Waals surface area contributed by atoms with Gasteiger partial charge >= 0.3 is 0 Å². The standard InChI is InChI=1S/C14H26N2O2/c1-5-11-16-12(9-10-15-16)13(17)14(6-2,7-3)18-8-4/h9-10,13,17H,5-8,11H2,1-4H3. The van der Waals surface area contributed by atoms with Crippen molar-refractivity contribution in [2.24, 2.45) is 0 Å². The minimum atomic E-state index is -0.624. The van der Waals surface area contributed by atoms with Crippen LogP contribution < -0.4 is 0 Å². The Kier molecular flexibility index (Phi) is 5.82. The lowest BCUT2D eigenvalue weighted by Gasteiger charge is -2.36. The molecule has 0 fully saturated rings. The van der Waals surface area contributed by atoms with Crippen molar-refractivity contribution < 1.29 is 9.84 Å². The van der Waals surface area contributed by atoms with Crippen LogP contribution in [-0.2, 0) is 11.3 Å². The van der Waals surface area contributed by atoms with E-state index in [2.05, 4.69) is 25.9 Å². The fourth-order valence-electron chi connectivity index (χ4n) is 2.45. The van der Waals surface area contributed by atoms with Gasteiger partial charge in [-0.1, -0.05) is 20.8 Å². The number of aliphatic hydroxyl groups is 1. The molecular weight excluding hydrogens is 228 g/mol. The molecule has 0 aliphatic rings. The average molecular weight is 254 g/mol. The molecule has 0 bridgehead atoms. The molecule has 0 aromatic carbocycles. The highest BCUT2D eigenvalue weighted by Gasteiger charge is 2.38. The van der Waals surface area contributed by atoms with Crippen LogP contribution in [-0.4, -0.2) is 27.1 Å². The maximum atomic E-state index is 10.7. The Hall–Kier alpha value is -0.870. The summed E-state index contributed by atoms with van der Waals surface area (Å²) < 4.78 is 7.73. The Balaban J connectivity index is 3.01. The molecule has 1 unspecified atom stereocenters. The highest BCUT2D eigenvalue weighted by Crippen LogP contribution is 2.35. The number of hydrogen-bond donors (Lipinski definition) is 1.